The van der Waals surface area contributed by atoms with Gasteiger partial charge in [-0.2, -0.15) is 4.39 Å². The molecule has 0 heterocycles. The summed E-state index contributed by atoms with van der Waals surface area (Å²) in [7, 11) is 0. The molecule has 20 heavy (non-hydrogen) atoms. The first-order chi connectivity index (χ1) is 9.43. The molecule has 0 bridgehead atoms. The minimum atomic E-state index is -1.14. The lowest BCUT2D eigenvalue weighted by Gasteiger charge is -2.08. The summed E-state index contributed by atoms with van der Waals surface area (Å²) < 4.78 is 44.6. The summed E-state index contributed by atoms with van der Waals surface area (Å²) in [4.78, 5) is 0. The SMILES string of the molecule is C\C(F)=C/C(=C\C=C(/C)NN)Oc1cccc(F)c1F. The molecule has 0 fully saturated rings. The number of hydrazine groups is 1. The summed E-state index contributed by atoms with van der Waals surface area (Å²) in [5.74, 6) is 2.12. The number of nitrogens with one attached hydrogen (secondary N) is 1. The van der Waals surface area contributed by atoms with Crippen molar-refractivity contribution >= 4 is 0 Å². The maximum atomic E-state index is 13.5. The Balaban J connectivity index is 3.08. The number of rotatable bonds is 5. The Morgan fingerprint density at radius 1 is 1.25 bits per heavy atom. The first-order valence-corrected chi connectivity index (χ1v) is 5.75. The van der Waals surface area contributed by atoms with Gasteiger partial charge in [-0.3, -0.25) is 5.84 Å². The topological polar surface area (TPSA) is 47.3 Å². The van der Waals surface area contributed by atoms with E-state index in [-0.39, 0.29) is 11.5 Å². The molecule has 1 rings (SSSR count). The maximum Gasteiger partial charge on any atom is 0.201 e. The Morgan fingerprint density at radius 3 is 2.55 bits per heavy atom. The summed E-state index contributed by atoms with van der Waals surface area (Å²) in [5, 5.41) is 0. The van der Waals surface area contributed by atoms with E-state index in [0.29, 0.717) is 5.70 Å². The van der Waals surface area contributed by atoms with Crippen molar-refractivity contribution in [1.29, 1.82) is 0 Å². The van der Waals surface area contributed by atoms with E-state index in [0.717, 1.165) is 12.1 Å². The molecule has 0 amide bonds. The Morgan fingerprint density at radius 2 is 1.95 bits per heavy atom. The number of benzene rings is 1. The smallest absolute Gasteiger partial charge is 0.201 e. The second-order valence-electron chi connectivity index (χ2n) is 3.95. The van der Waals surface area contributed by atoms with Crippen LogP contribution in [0.15, 0.2) is 53.7 Å². The molecule has 3 N–H and O–H groups in total. The Labute approximate surface area is 115 Å². The van der Waals surface area contributed by atoms with Crippen molar-refractivity contribution < 1.29 is 17.9 Å². The van der Waals surface area contributed by atoms with E-state index in [4.69, 9.17) is 10.6 Å². The van der Waals surface area contributed by atoms with Gasteiger partial charge in [-0.25, -0.2) is 8.78 Å². The largest absolute Gasteiger partial charge is 0.454 e. The molecule has 0 radical (unpaired) electrons. The Hall–Kier alpha value is -2.21. The number of nitrogens with two attached hydrogens (primary N) is 1. The van der Waals surface area contributed by atoms with E-state index in [1.54, 1.807) is 6.92 Å². The number of hydrogen-bond donors (Lipinski definition) is 2. The third-order valence-electron chi connectivity index (χ3n) is 2.21. The van der Waals surface area contributed by atoms with Crippen molar-refractivity contribution in [3.63, 3.8) is 0 Å². The van der Waals surface area contributed by atoms with Crippen LogP contribution in [0.25, 0.3) is 0 Å². The zero-order valence-corrected chi connectivity index (χ0v) is 11.1. The lowest BCUT2D eigenvalue weighted by Crippen LogP contribution is -2.18. The maximum absolute atomic E-state index is 13.5. The third kappa shape index (κ3) is 4.81. The van der Waals surface area contributed by atoms with Crippen LogP contribution in [0.4, 0.5) is 13.2 Å². The lowest BCUT2D eigenvalue weighted by molar-refractivity contribution is 0.391. The average molecular weight is 284 g/mol. The van der Waals surface area contributed by atoms with Crippen LogP contribution in [0.5, 0.6) is 5.75 Å². The zero-order chi connectivity index (χ0) is 15.1. The van der Waals surface area contributed by atoms with E-state index in [1.807, 2.05) is 0 Å². The van der Waals surface area contributed by atoms with Gasteiger partial charge in [0.15, 0.2) is 11.6 Å². The second kappa shape index (κ2) is 7.40. The molecule has 1 aromatic rings. The molecular weight excluding hydrogens is 269 g/mol. The minimum absolute atomic E-state index is 0.00380. The van der Waals surface area contributed by atoms with Gasteiger partial charge in [0, 0.05) is 11.8 Å². The van der Waals surface area contributed by atoms with Gasteiger partial charge < -0.3 is 10.2 Å². The van der Waals surface area contributed by atoms with Crippen molar-refractivity contribution in [1.82, 2.24) is 5.43 Å². The number of ether oxygens (including phenoxy) is 1. The van der Waals surface area contributed by atoms with Crippen molar-refractivity contribution in [2.24, 2.45) is 5.84 Å². The first kappa shape index (κ1) is 15.8. The standard InChI is InChI=1S/C14H15F3N2O/c1-9(15)8-11(7-6-10(2)19-18)20-13-5-3-4-12(16)14(13)17/h3-8,19H,18H2,1-2H3/b9-8+,10-6+,11-7+. The molecule has 0 unspecified atom stereocenters. The highest BCUT2D eigenvalue weighted by Crippen LogP contribution is 2.22. The quantitative estimate of drug-likeness (QED) is 0.377. The van der Waals surface area contributed by atoms with Gasteiger partial charge in [-0.1, -0.05) is 6.07 Å². The first-order valence-electron chi connectivity index (χ1n) is 5.75. The van der Waals surface area contributed by atoms with E-state index in [9.17, 15) is 13.2 Å². The van der Waals surface area contributed by atoms with E-state index in [2.05, 4.69) is 5.43 Å². The summed E-state index contributed by atoms with van der Waals surface area (Å²) >= 11 is 0. The molecule has 0 spiro atoms. The van der Waals surface area contributed by atoms with Crippen molar-refractivity contribution in [3.8, 4) is 5.75 Å². The van der Waals surface area contributed by atoms with Crippen molar-refractivity contribution in [3.05, 3.63) is 65.3 Å². The minimum Gasteiger partial charge on any atom is -0.454 e. The highest BCUT2D eigenvalue weighted by molar-refractivity contribution is 5.31. The molecule has 0 aromatic heterocycles. The number of halogens is 3. The van der Waals surface area contributed by atoms with Crippen LogP contribution < -0.4 is 16.0 Å². The van der Waals surface area contributed by atoms with Crippen LogP contribution in [0.1, 0.15) is 13.8 Å². The van der Waals surface area contributed by atoms with Crippen LogP contribution in [-0.4, -0.2) is 0 Å². The van der Waals surface area contributed by atoms with Crippen molar-refractivity contribution in [2.45, 2.75) is 13.8 Å². The Kier molecular flexibility index (Phi) is 5.86. The molecule has 0 aliphatic heterocycles. The highest BCUT2D eigenvalue weighted by Gasteiger charge is 2.10. The van der Waals surface area contributed by atoms with Crippen molar-refractivity contribution in [2.75, 3.05) is 0 Å². The summed E-state index contributed by atoms with van der Waals surface area (Å²) in [6.45, 7) is 2.87. The van der Waals surface area contributed by atoms with Crippen LogP contribution in [-0.2, 0) is 0 Å². The van der Waals surface area contributed by atoms with Gasteiger partial charge in [0.1, 0.15) is 11.6 Å². The fourth-order valence-corrected chi connectivity index (χ4v) is 1.25. The van der Waals surface area contributed by atoms with Crippen LogP contribution in [0.3, 0.4) is 0 Å². The summed E-state index contributed by atoms with van der Waals surface area (Å²) in [5.41, 5.74) is 2.95. The third-order valence-corrected chi connectivity index (χ3v) is 2.21. The molecule has 108 valence electrons. The van der Waals surface area contributed by atoms with Crippen LogP contribution >= 0.6 is 0 Å². The number of allylic oxidation sites excluding steroid dienone is 5. The van der Waals surface area contributed by atoms with Gasteiger partial charge in [0.05, 0.1) is 0 Å². The van der Waals surface area contributed by atoms with E-state index in [1.165, 1.54) is 31.2 Å². The normalized spacial score (nSPS) is 13.4. The summed E-state index contributed by atoms with van der Waals surface area (Å²) in [6.07, 6.45) is 3.93. The molecule has 3 nitrogen and oxygen atoms in total. The predicted octanol–water partition coefficient (Wildman–Crippen LogP) is 3.47. The second-order valence-corrected chi connectivity index (χ2v) is 3.95. The summed E-state index contributed by atoms with van der Waals surface area (Å²) in [6, 6.07) is 3.50. The Bertz CT molecular complexity index is 562. The molecule has 0 aliphatic carbocycles. The zero-order valence-electron chi connectivity index (χ0n) is 11.1. The molecule has 0 saturated carbocycles. The van der Waals surface area contributed by atoms with Gasteiger partial charge >= 0.3 is 0 Å². The molecule has 0 aliphatic rings. The molecule has 0 atom stereocenters. The van der Waals surface area contributed by atoms with Crippen LogP contribution in [0, 0.1) is 11.6 Å². The fourth-order valence-electron chi connectivity index (χ4n) is 1.25. The molecule has 6 heteroatoms. The molecule has 0 saturated heterocycles. The number of hydrogen-bond acceptors (Lipinski definition) is 3. The fraction of sp³-hybridized carbons (Fsp3) is 0.143. The monoisotopic (exact) mass is 284 g/mol. The van der Waals surface area contributed by atoms with Gasteiger partial charge in [0.25, 0.3) is 0 Å². The van der Waals surface area contributed by atoms with Gasteiger partial charge in [-0.05, 0) is 38.1 Å². The molecule has 1 aromatic carbocycles. The highest BCUT2D eigenvalue weighted by atomic mass is 19.2. The lowest BCUT2D eigenvalue weighted by atomic mass is 10.3. The van der Waals surface area contributed by atoms with E-state index < -0.39 is 17.5 Å². The average Bonchev–Trinajstić information content (AvgIpc) is 2.40. The van der Waals surface area contributed by atoms with E-state index >= 15 is 0 Å². The predicted molar refractivity (Wildman–Crippen MR) is 71.0 cm³/mol. The van der Waals surface area contributed by atoms with Gasteiger partial charge in [0.2, 0.25) is 5.82 Å². The van der Waals surface area contributed by atoms with Gasteiger partial charge in [-0.15, -0.1) is 0 Å². The van der Waals surface area contributed by atoms with Crippen LogP contribution in [0.2, 0.25) is 0 Å². The molecular formula is C14H15F3N2O.